The number of ether oxygens (including phenoxy) is 1. The zero-order chi connectivity index (χ0) is 14.4. The smallest absolute Gasteiger partial charge is 0.0505 e. The standard InChI is InChI=1S/C18H18BrNO/c1-12-2-4-15-16-5-3-13(19)11-18(16)20(17(15)10-12)14-6-8-21-9-7-14/h2-5,10-11,14H,6-9H2,1H3. The highest BCUT2D eigenvalue weighted by Crippen LogP contribution is 2.36. The van der Waals surface area contributed by atoms with Crippen molar-refractivity contribution >= 4 is 37.7 Å². The lowest BCUT2D eigenvalue weighted by Crippen LogP contribution is -2.19. The van der Waals surface area contributed by atoms with Crippen LogP contribution in [-0.4, -0.2) is 17.8 Å². The van der Waals surface area contributed by atoms with Crippen molar-refractivity contribution in [2.24, 2.45) is 0 Å². The van der Waals surface area contributed by atoms with E-state index in [1.54, 1.807) is 0 Å². The van der Waals surface area contributed by atoms with Crippen LogP contribution >= 0.6 is 15.9 Å². The van der Waals surface area contributed by atoms with Gasteiger partial charge >= 0.3 is 0 Å². The number of hydrogen-bond donors (Lipinski definition) is 0. The summed E-state index contributed by atoms with van der Waals surface area (Å²) in [6.45, 7) is 3.90. The molecule has 0 unspecified atom stereocenters. The molecule has 3 heteroatoms. The molecule has 2 aromatic carbocycles. The Labute approximate surface area is 132 Å². The zero-order valence-electron chi connectivity index (χ0n) is 12.1. The number of aromatic nitrogens is 1. The molecule has 0 saturated carbocycles. The van der Waals surface area contributed by atoms with Gasteiger partial charge in [-0.05, 0) is 43.5 Å². The van der Waals surface area contributed by atoms with Crippen LogP contribution in [0.25, 0.3) is 21.8 Å². The van der Waals surface area contributed by atoms with Gasteiger partial charge in [0.25, 0.3) is 0 Å². The Hall–Kier alpha value is -1.32. The lowest BCUT2D eigenvalue weighted by atomic mass is 10.1. The predicted molar refractivity (Wildman–Crippen MR) is 91.0 cm³/mol. The first-order valence-corrected chi connectivity index (χ1v) is 8.31. The fourth-order valence-corrected chi connectivity index (χ4v) is 3.82. The van der Waals surface area contributed by atoms with E-state index in [0.29, 0.717) is 6.04 Å². The van der Waals surface area contributed by atoms with Crippen LogP contribution in [0, 0.1) is 6.92 Å². The largest absolute Gasteiger partial charge is 0.381 e. The summed E-state index contributed by atoms with van der Waals surface area (Å²) in [6, 6.07) is 13.9. The second-order valence-corrected chi connectivity index (χ2v) is 6.81. The van der Waals surface area contributed by atoms with E-state index < -0.39 is 0 Å². The van der Waals surface area contributed by atoms with Gasteiger partial charge in [0.1, 0.15) is 0 Å². The van der Waals surface area contributed by atoms with E-state index in [0.717, 1.165) is 30.5 Å². The molecule has 21 heavy (non-hydrogen) atoms. The Bertz CT molecular complexity index is 756. The van der Waals surface area contributed by atoms with E-state index in [2.05, 4.69) is 63.8 Å². The molecule has 4 rings (SSSR count). The van der Waals surface area contributed by atoms with Crippen LogP contribution in [0.5, 0.6) is 0 Å². The second-order valence-electron chi connectivity index (χ2n) is 5.90. The van der Waals surface area contributed by atoms with Crippen LogP contribution < -0.4 is 0 Å². The minimum Gasteiger partial charge on any atom is -0.381 e. The molecule has 0 amide bonds. The SMILES string of the molecule is Cc1ccc2c3ccc(Br)cc3n(C3CCOCC3)c2c1. The molecule has 0 spiro atoms. The summed E-state index contributed by atoms with van der Waals surface area (Å²) >= 11 is 3.62. The highest BCUT2D eigenvalue weighted by molar-refractivity contribution is 9.10. The third-order valence-electron chi connectivity index (χ3n) is 4.48. The average molecular weight is 344 g/mol. The first kappa shape index (κ1) is 13.4. The first-order chi connectivity index (χ1) is 10.2. The van der Waals surface area contributed by atoms with Gasteiger partial charge in [0, 0.05) is 40.0 Å². The summed E-state index contributed by atoms with van der Waals surface area (Å²) in [6.07, 6.45) is 2.19. The molecule has 1 aliphatic rings. The minimum atomic E-state index is 0.537. The Morgan fingerprint density at radius 1 is 1.00 bits per heavy atom. The third kappa shape index (κ3) is 2.19. The van der Waals surface area contributed by atoms with Crippen LogP contribution in [0.4, 0.5) is 0 Å². The average Bonchev–Trinajstić information content (AvgIpc) is 2.80. The van der Waals surface area contributed by atoms with Crippen molar-refractivity contribution in [3.05, 3.63) is 46.4 Å². The van der Waals surface area contributed by atoms with Crippen LogP contribution in [0.2, 0.25) is 0 Å². The van der Waals surface area contributed by atoms with Gasteiger partial charge in [0.15, 0.2) is 0 Å². The lowest BCUT2D eigenvalue weighted by molar-refractivity contribution is 0.0717. The van der Waals surface area contributed by atoms with Crippen LogP contribution in [0.15, 0.2) is 40.9 Å². The van der Waals surface area contributed by atoms with Crippen LogP contribution in [0.3, 0.4) is 0 Å². The highest BCUT2D eigenvalue weighted by atomic mass is 79.9. The Morgan fingerprint density at radius 3 is 2.43 bits per heavy atom. The molecule has 1 fully saturated rings. The van der Waals surface area contributed by atoms with Crippen molar-refractivity contribution in [1.29, 1.82) is 0 Å². The molecular weight excluding hydrogens is 326 g/mol. The maximum atomic E-state index is 5.55. The van der Waals surface area contributed by atoms with Gasteiger partial charge in [-0.25, -0.2) is 0 Å². The van der Waals surface area contributed by atoms with Crippen molar-refractivity contribution < 1.29 is 4.74 Å². The Kier molecular flexibility index (Phi) is 3.27. The molecule has 1 aliphatic heterocycles. The van der Waals surface area contributed by atoms with Gasteiger partial charge in [0.2, 0.25) is 0 Å². The monoisotopic (exact) mass is 343 g/mol. The van der Waals surface area contributed by atoms with E-state index in [-0.39, 0.29) is 0 Å². The fourth-order valence-electron chi connectivity index (χ4n) is 3.47. The molecule has 1 saturated heterocycles. The number of hydrogen-bond acceptors (Lipinski definition) is 1. The molecule has 0 N–H and O–H groups in total. The quantitative estimate of drug-likeness (QED) is 0.591. The van der Waals surface area contributed by atoms with Crippen molar-refractivity contribution in [1.82, 2.24) is 4.57 Å². The number of aryl methyl sites for hydroxylation is 1. The molecule has 1 aromatic heterocycles. The third-order valence-corrected chi connectivity index (χ3v) is 4.97. The molecule has 2 nitrogen and oxygen atoms in total. The van der Waals surface area contributed by atoms with E-state index >= 15 is 0 Å². The molecule has 108 valence electrons. The highest BCUT2D eigenvalue weighted by Gasteiger charge is 2.21. The number of fused-ring (bicyclic) bond motifs is 3. The van der Waals surface area contributed by atoms with Gasteiger partial charge in [-0.1, -0.05) is 34.1 Å². The van der Waals surface area contributed by atoms with Crippen molar-refractivity contribution in [3.63, 3.8) is 0 Å². The minimum absolute atomic E-state index is 0.537. The number of rotatable bonds is 1. The number of nitrogens with zero attached hydrogens (tertiary/aromatic N) is 1. The Morgan fingerprint density at radius 2 is 1.67 bits per heavy atom. The van der Waals surface area contributed by atoms with E-state index in [1.807, 2.05) is 0 Å². The zero-order valence-corrected chi connectivity index (χ0v) is 13.7. The molecule has 0 bridgehead atoms. The summed E-state index contributed by atoms with van der Waals surface area (Å²) in [7, 11) is 0. The molecule has 0 atom stereocenters. The lowest BCUT2D eigenvalue weighted by Gasteiger charge is -2.25. The Balaban J connectivity index is 2.07. The van der Waals surface area contributed by atoms with E-state index in [9.17, 15) is 0 Å². The van der Waals surface area contributed by atoms with Crippen LogP contribution in [0.1, 0.15) is 24.4 Å². The topological polar surface area (TPSA) is 14.2 Å². The van der Waals surface area contributed by atoms with Gasteiger partial charge in [-0.15, -0.1) is 0 Å². The van der Waals surface area contributed by atoms with Gasteiger partial charge < -0.3 is 9.30 Å². The molecule has 0 radical (unpaired) electrons. The summed E-state index contributed by atoms with van der Waals surface area (Å²) < 4.78 is 9.22. The molecule has 2 heterocycles. The molecular formula is C18H18BrNO. The van der Waals surface area contributed by atoms with E-state index in [4.69, 9.17) is 4.74 Å². The van der Waals surface area contributed by atoms with E-state index in [1.165, 1.54) is 27.4 Å². The normalized spacial score (nSPS) is 16.9. The number of halogens is 1. The molecule has 0 aliphatic carbocycles. The maximum absolute atomic E-state index is 5.55. The van der Waals surface area contributed by atoms with Crippen molar-refractivity contribution in [3.8, 4) is 0 Å². The van der Waals surface area contributed by atoms with Crippen molar-refractivity contribution in [2.75, 3.05) is 13.2 Å². The maximum Gasteiger partial charge on any atom is 0.0505 e. The van der Waals surface area contributed by atoms with Gasteiger partial charge in [0.05, 0.1) is 5.52 Å². The number of benzene rings is 2. The summed E-state index contributed by atoms with van der Waals surface area (Å²) in [5.41, 5.74) is 4.00. The van der Waals surface area contributed by atoms with Gasteiger partial charge in [-0.3, -0.25) is 0 Å². The summed E-state index contributed by atoms with van der Waals surface area (Å²) in [4.78, 5) is 0. The fraction of sp³-hybridized carbons (Fsp3) is 0.333. The first-order valence-electron chi connectivity index (χ1n) is 7.51. The predicted octanol–water partition coefficient (Wildman–Crippen LogP) is 5.22. The summed E-state index contributed by atoms with van der Waals surface area (Å²) in [5, 5.41) is 2.70. The van der Waals surface area contributed by atoms with Crippen molar-refractivity contribution in [2.45, 2.75) is 25.8 Å². The second kappa shape index (κ2) is 5.15. The van der Waals surface area contributed by atoms with Gasteiger partial charge in [-0.2, -0.15) is 0 Å². The summed E-state index contributed by atoms with van der Waals surface area (Å²) in [5.74, 6) is 0. The van der Waals surface area contributed by atoms with Crippen LogP contribution in [-0.2, 0) is 4.74 Å². The molecule has 3 aromatic rings.